The predicted molar refractivity (Wildman–Crippen MR) is 80.3 cm³/mol. The lowest BCUT2D eigenvalue weighted by molar-refractivity contribution is 0.0624. The topological polar surface area (TPSA) is 72.5 Å². The van der Waals surface area contributed by atoms with Crippen LogP contribution in [0.25, 0.3) is 0 Å². The second-order valence-corrected chi connectivity index (χ2v) is 7.79. The molecule has 0 spiro atoms. The quantitative estimate of drug-likeness (QED) is 0.861. The summed E-state index contributed by atoms with van der Waals surface area (Å²) in [7, 11) is 1.53. The molecule has 1 unspecified atom stereocenters. The van der Waals surface area contributed by atoms with E-state index in [-0.39, 0.29) is 16.8 Å². The molecule has 2 rings (SSSR count). The van der Waals surface area contributed by atoms with Crippen LogP contribution >= 0.6 is 10.7 Å². The summed E-state index contributed by atoms with van der Waals surface area (Å²) in [5, 5.41) is 2.87. The molecule has 1 saturated heterocycles. The molecule has 0 bridgehead atoms. The number of carbonyl (C=O) groups excluding carboxylic acids is 1. The van der Waals surface area contributed by atoms with E-state index in [0.29, 0.717) is 29.9 Å². The van der Waals surface area contributed by atoms with Gasteiger partial charge in [-0.15, -0.1) is 0 Å². The fourth-order valence-electron chi connectivity index (χ4n) is 2.46. The zero-order chi connectivity index (χ0) is 15.6. The van der Waals surface area contributed by atoms with Gasteiger partial charge in [0.1, 0.15) is 0 Å². The largest absolute Gasteiger partial charge is 0.379 e. The van der Waals surface area contributed by atoms with Crippen LogP contribution in [0.2, 0.25) is 0 Å². The van der Waals surface area contributed by atoms with Crippen molar-refractivity contribution in [2.75, 3.05) is 13.2 Å². The number of halogens is 1. The van der Waals surface area contributed by atoms with E-state index in [1.54, 1.807) is 19.9 Å². The van der Waals surface area contributed by atoms with Crippen LogP contribution in [-0.4, -0.2) is 33.6 Å². The molecule has 1 heterocycles. The average Bonchev–Trinajstić information content (AvgIpc) is 2.38. The van der Waals surface area contributed by atoms with Gasteiger partial charge in [0, 0.05) is 22.9 Å². The van der Waals surface area contributed by atoms with Crippen LogP contribution in [-0.2, 0) is 13.8 Å². The maximum Gasteiger partial charge on any atom is 0.261 e. The van der Waals surface area contributed by atoms with Crippen LogP contribution in [0, 0.1) is 13.8 Å². The van der Waals surface area contributed by atoms with Crippen molar-refractivity contribution in [3.05, 3.63) is 28.8 Å². The lowest BCUT2D eigenvalue weighted by Crippen LogP contribution is -2.40. The molecule has 1 atom stereocenters. The van der Waals surface area contributed by atoms with E-state index in [2.05, 4.69) is 5.32 Å². The Bertz CT molecular complexity index is 651. The average molecular weight is 332 g/mol. The van der Waals surface area contributed by atoms with Gasteiger partial charge >= 0.3 is 0 Å². The molecule has 0 aromatic heterocycles. The Morgan fingerprint density at radius 1 is 1.33 bits per heavy atom. The molecule has 0 aliphatic carbocycles. The third kappa shape index (κ3) is 3.96. The highest BCUT2D eigenvalue weighted by molar-refractivity contribution is 8.13. The highest BCUT2D eigenvalue weighted by Crippen LogP contribution is 2.24. The van der Waals surface area contributed by atoms with Crippen LogP contribution < -0.4 is 5.32 Å². The van der Waals surface area contributed by atoms with E-state index in [4.69, 9.17) is 15.4 Å². The highest BCUT2D eigenvalue weighted by Gasteiger charge is 2.21. The van der Waals surface area contributed by atoms with Crippen molar-refractivity contribution in [1.29, 1.82) is 0 Å². The van der Waals surface area contributed by atoms with Gasteiger partial charge < -0.3 is 10.1 Å². The van der Waals surface area contributed by atoms with Crippen molar-refractivity contribution in [3.63, 3.8) is 0 Å². The second kappa shape index (κ2) is 6.34. The molecular formula is C14H18ClNO4S. The Morgan fingerprint density at radius 3 is 2.62 bits per heavy atom. The summed E-state index contributed by atoms with van der Waals surface area (Å²) in [6.07, 6.45) is 1.76. The molecule has 1 fully saturated rings. The number of aryl methyl sites for hydroxylation is 2. The Hall–Kier alpha value is -1.11. The number of benzene rings is 1. The second-order valence-electron chi connectivity index (χ2n) is 5.26. The first-order chi connectivity index (χ1) is 9.79. The zero-order valence-electron chi connectivity index (χ0n) is 12.0. The SMILES string of the molecule is Cc1cc(C)c(S(=O)(=O)Cl)cc1C(=O)NC1CCCOC1. The van der Waals surface area contributed by atoms with Gasteiger partial charge in [0.25, 0.3) is 15.0 Å². The standard InChI is InChI=1S/C14H18ClNO4S/c1-9-6-10(2)13(21(15,18)19)7-12(9)14(17)16-11-4-3-5-20-8-11/h6-7,11H,3-5,8H2,1-2H3,(H,16,17). The fraction of sp³-hybridized carbons (Fsp3) is 0.500. The minimum Gasteiger partial charge on any atom is -0.379 e. The third-order valence-electron chi connectivity index (χ3n) is 3.52. The lowest BCUT2D eigenvalue weighted by atomic mass is 10.0. The molecule has 1 aromatic rings. The van der Waals surface area contributed by atoms with Crippen molar-refractivity contribution in [2.24, 2.45) is 0 Å². The number of amides is 1. The molecule has 7 heteroatoms. The van der Waals surface area contributed by atoms with Crippen LogP contribution in [0.15, 0.2) is 17.0 Å². The molecule has 1 amide bonds. The van der Waals surface area contributed by atoms with Gasteiger partial charge in [-0.2, -0.15) is 0 Å². The molecule has 21 heavy (non-hydrogen) atoms. The summed E-state index contributed by atoms with van der Waals surface area (Å²) in [5.41, 5.74) is 1.57. The summed E-state index contributed by atoms with van der Waals surface area (Å²) in [4.78, 5) is 12.3. The molecule has 0 radical (unpaired) electrons. The Labute approximate surface area is 129 Å². The Balaban J connectivity index is 2.28. The number of ether oxygens (including phenoxy) is 1. The molecule has 0 saturated carbocycles. The summed E-state index contributed by atoms with van der Waals surface area (Å²) in [5.74, 6) is -0.301. The Morgan fingerprint density at radius 2 is 2.05 bits per heavy atom. The van der Waals surface area contributed by atoms with E-state index < -0.39 is 9.05 Å². The van der Waals surface area contributed by atoms with Crippen LogP contribution in [0.3, 0.4) is 0 Å². The minimum atomic E-state index is -3.87. The van der Waals surface area contributed by atoms with E-state index in [1.165, 1.54) is 6.07 Å². The molecule has 5 nitrogen and oxygen atoms in total. The maximum atomic E-state index is 12.3. The van der Waals surface area contributed by atoms with Crippen molar-refractivity contribution in [3.8, 4) is 0 Å². The predicted octanol–water partition coefficient (Wildman–Crippen LogP) is 2.14. The van der Waals surface area contributed by atoms with Crippen molar-refractivity contribution in [1.82, 2.24) is 5.32 Å². The van der Waals surface area contributed by atoms with E-state index >= 15 is 0 Å². The van der Waals surface area contributed by atoms with Gasteiger partial charge in [-0.3, -0.25) is 4.79 Å². The van der Waals surface area contributed by atoms with E-state index in [0.717, 1.165) is 12.8 Å². The number of hydrogen-bond acceptors (Lipinski definition) is 4. The number of nitrogens with one attached hydrogen (secondary N) is 1. The number of hydrogen-bond donors (Lipinski definition) is 1. The monoisotopic (exact) mass is 331 g/mol. The molecule has 116 valence electrons. The van der Waals surface area contributed by atoms with Gasteiger partial charge in [0.05, 0.1) is 17.5 Å². The van der Waals surface area contributed by atoms with Crippen molar-refractivity contribution < 1.29 is 17.9 Å². The fourth-order valence-corrected chi connectivity index (χ4v) is 3.66. The van der Waals surface area contributed by atoms with Crippen molar-refractivity contribution >= 4 is 25.6 Å². The van der Waals surface area contributed by atoms with Gasteiger partial charge in [0.15, 0.2) is 0 Å². The van der Waals surface area contributed by atoms with Gasteiger partial charge in [0.2, 0.25) is 0 Å². The summed E-state index contributed by atoms with van der Waals surface area (Å²) < 4.78 is 28.4. The minimum absolute atomic E-state index is 0.0280. The summed E-state index contributed by atoms with van der Waals surface area (Å²) in [6, 6.07) is 2.95. The van der Waals surface area contributed by atoms with Crippen LogP contribution in [0.4, 0.5) is 0 Å². The first-order valence-electron chi connectivity index (χ1n) is 6.73. The van der Waals surface area contributed by atoms with Gasteiger partial charge in [-0.25, -0.2) is 8.42 Å². The van der Waals surface area contributed by atoms with Crippen LogP contribution in [0.1, 0.15) is 34.3 Å². The molecular weight excluding hydrogens is 314 g/mol. The number of rotatable bonds is 3. The smallest absolute Gasteiger partial charge is 0.261 e. The molecule has 1 N–H and O–H groups in total. The summed E-state index contributed by atoms with van der Waals surface area (Å²) >= 11 is 0. The number of carbonyl (C=O) groups is 1. The zero-order valence-corrected chi connectivity index (χ0v) is 13.6. The first-order valence-corrected chi connectivity index (χ1v) is 9.04. The molecule has 1 aliphatic heterocycles. The van der Waals surface area contributed by atoms with E-state index in [9.17, 15) is 13.2 Å². The molecule has 1 aliphatic rings. The van der Waals surface area contributed by atoms with Crippen molar-refractivity contribution in [2.45, 2.75) is 37.6 Å². The van der Waals surface area contributed by atoms with E-state index in [1.807, 2.05) is 0 Å². The highest BCUT2D eigenvalue weighted by atomic mass is 35.7. The lowest BCUT2D eigenvalue weighted by Gasteiger charge is -2.23. The van der Waals surface area contributed by atoms with Gasteiger partial charge in [-0.05, 0) is 43.9 Å². The first kappa shape index (κ1) is 16.3. The van der Waals surface area contributed by atoms with Crippen LogP contribution in [0.5, 0.6) is 0 Å². The van der Waals surface area contributed by atoms with Gasteiger partial charge in [-0.1, -0.05) is 6.07 Å². The third-order valence-corrected chi connectivity index (χ3v) is 4.99. The summed E-state index contributed by atoms with van der Waals surface area (Å²) in [6.45, 7) is 4.62. The normalized spacial score (nSPS) is 19.3. The maximum absolute atomic E-state index is 12.3. The Kier molecular flexibility index (Phi) is 4.91. The molecule has 1 aromatic carbocycles.